The second-order valence-corrected chi connectivity index (χ2v) is 6.06. The van der Waals surface area contributed by atoms with E-state index in [0.29, 0.717) is 30.3 Å². The number of aromatic nitrogens is 2. The van der Waals surface area contributed by atoms with E-state index in [1.165, 1.54) is 0 Å². The van der Waals surface area contributed by atoms with Crippen LogP contribution in [0.25, 0.3) is 0 Å². The lowest BCUT2D eigenvalue weighted by Crippen LogP contribution is -2.26. The van der Waals surface area contributed by atoms with Crippen molar-refractivity contribution < 1.29 is 13.9 Å². The number of carbonyl (C=O) groups excluding carboxylic acids is 1. The van der Waals surface area contributed by atoms with Crippen LogP contribution in [-0.2, 0) is 12.8 Å². The van der Waals surface area contributed by atoms with Crippen LogP contribution in [0.15, 0.2) is 52.9 Å². The molecule has 2 aromatic carbocycles. The van der Waals surface area contributed by atoms with E-state index in [1.807, 2.05) is 48.5 Å². The van der Waals surface area contributed by atoms with Crippen LogP contribution in [0.4, 0.5) is 0 Å². The number of nitrogens with one attached hydrogen (secondary N) is 1. The van der Waals surface area contributed by atoms with Crippen LogP contribution < -0.4 is 10.1 Å². The molecule has 7 heteroatoms. The summed E-state index contributed by atoms with van der Waals surface area (Å²) in [6, 6.07) is 15.0. The minimum Gasteiger partial charge on any atom is -0.496 e. The van der Waals surface area contributed by atoms with Gasteiger partial charge in [0.25, 0.3) is 0 Å². The smallest absolute Gasteiger partial charge is 0.308 e. The average molecular weight is 372 g/mol. The van der Waals surface area contributed by atoms with Gasteiger partial charge in [0.1, 0.15) is 5.75 Å². The van der Waals surface area contributed by atoms with Gasteiger partial charge in [-0.2, -0.15) is 0 Å². The first-order valence-corrected chi connectivity index (χ1v) is 8.50. The summed E-state index contributed by atoms with van der Waals surface area (Å²) in [7, 11) is 1.60. The lowest BCUT2D eigenvalue weighted by atomic mass is 10.1. The molecular weight excluding hydrogens is 354 g/mol. The Morgan fingerprint density at radius 3 is 2.69 bits per heavy atom. The molecule has 0 aliphatic rings. The summed E-state index contributed by atoms with van der Waals surface area (Å²) in [6.45, 7) is 0.463. The van der Waals surface area contributed by atoms with Gasteiger partial charge in [-0.25, -0.2) is 0 Å². The number of methoxy groups -OCH3 is 1. The minimum atomic E-state index is -0.391. The highest BCUT2D eigenvalue weighted by Gasteiger charge is 2.15. The molecule has 0 bridgehead atoms. The molecule has 0 aliphatic heterocycles. The van der Waals surface area contributed by atoms with E-state index in [1.54, 1.807) is 7.11 Å². The topological polar surface area (TPSA) is 77.2 Å². The summed E-state index contributed by atoms with van der Waals surface area (Å²) < 4.78 is 10.8. The molecule has 0 unspecified atom stereocenters. The second-order valence-electron chi connectivity index (χ2n) is 5.62. The van der Waals surface area contributed by atoms with Crippen LogP contribution in [0.1, 0.15) is 27.7 Å². The van der Waals surface area contributed by atoms with Gasteiger partial charge in [-0.15, -0.1) is 10.2 Å². The monoisotopic (exact) mass is 371 g/mol. The van der Waals surface area contributed by atoms with Crippen LogP contribution in [0.5, 0.6) is 5.75 Å². The number of rotatable bonds is 7. The number of para-hydroxylation sites is 1. The van der Waals surface area contributed by atoms with Gasteiger partial charge < -0.3 is 14.5 Å². The maximum atomic E-state index is 12.1. The summed E-state index contributed by atoms with van der Waals surface area (Å²) in [4.78, 5) is 12.1. The van der Waals surface area contributed by atoms with Crippen LogP contribution in [0.3, 0.4) is 0 Å². The van der Waals surface area contributed by atoms with Crippen LogP contribution in [-0.4, -0.2) is 29.8 Å². The molecule has 26 heavy (non-hydrogen) atoms. The maximum absolute atomic E-state index is 12.1. The molecule has 0 atom stereocenters. The van der Waals surface area contributed by atoms with E-state index in [-0.39, 0.29) is 5.89 Å². The highest BCUT2D eigenvalue weighted by Crippen LogP contribution is 2.20. The Hall–Kier alpha value is -2.86. The zero-order valence-electron chi connectivity index (χ0n) is 14.2. The van der Waals surface area contributed by atoms with Gasteiger partial charge in [0.15, 0.2) is 0 Å². The predicted octanol–water partition coefficient (Wildman–Crippen LogP) is 3.29. The normalized spacial score (nSPS) is 10.5. The number of hydrogen-bond donors (Lipinski definition) is 1. The quantitative estimate of drug-likeness (QED) is 0.689. The number of halogens is 1. The van der Waals surface area contributed by atoms with Crippen LogP contribution in [0, 0.1) is 0 Å². The molecule has 134 valence electrons. The first-order valence-electron chi connectivity index (χ1n) is 8.12. The highest BCUT2D eigenvalue weighted by molar-refractivity contribution is 6.30. The van der Waals surface area contributed by atoms with Crippen molar-refractivity contribution in [3.63, 3.8) is 0 Å². The maximum Gasteiger partial charge on any atom is 0.308 e. The van der Waals surface area contributed by atoms with Gasteiger partial charge >= 0.3 is 11.8 Å². The number of nitrogens with zero attached hydrogens (tertiary/aromatic N) is 2. The Kier molecular flexibility index (Phi) is 5.86. The second kappa shape index (κ2) is 8.49. The lowest BCUT2D eigenvalue weighted by Gasteiger charge is -2.05. The van der Waals surface area contributed by atoms with Crippen LogP contribution >= 0.6 is 11.6 Å². The zero-order chi connectivity index (χ0) is 18.4. The van der Waals surface area contributed by atoms with Gasteiger partial charge in [0, 0.05) is 17.1 Å². The molecular formula is C19H18ClN3O3. The SMILES string of the molecule is COc1ccccc1Cc1nnc(C(=O)NCCc2ccc(Cl)cc2)o1. The van der Waals surface area contributed by atoms with E-state index in [9.17, 15) is 4.79 Å². The Morgan fingerprint density at radius 1 is 1.15 bits per heavy atom. The average Bonchev–Trinajstić information content (AvgIpc) is 3.12. The number of hydrogen-bond acceptors (Lipinski definition) is 5. The molecule has 1 aromatic heterocycles. The lowest BCUT2D eigenvalue weighted by molar-refractivity contribution is 0.0918. The predicted molar refractivity (Wildman–Crippen MR) is 97.6 cm³/mol. The first kappa shape index (κ1) is 17.9. The largest absolute Gasteiger partial charge is 0.496 e. The van der Waals surface area contributed by atoms with Crippen molar-refractivity contribution >= 4 is 17.5 Å². The van der Waals surface area contributed by atoms with Crippen molar-refractivity contribution in [2.24, 2.45) is 0 Å². The van der Waals surface area contributed by atoms with Crippen molar-refractivity contribution in [1.29, 1.82) is 0 Å². The fourth-order valence-corrected chi connectivity index (χ4v) is 2.60. The van der Waals surface area contributed by atoms with E-state index in [0.717, 1.165) is 16.9 Å². The molecule has 1 N–H and O–H groups in total. The fraction of sp³-hybridized carbons (Fsp3) is 0.211. The van der Waals surface area contributed by atoms with Crippen molar-refractivity contribution in [3.05, 3.63) is 76.5 Å². The van der Waals surface area contributed by atoms with Crippen molar-refractivity contribution in [2.45, 2.75) is 12.8 Å². The van der Waals surface area contributed by atoms with Crippen molar-refractivity contribution in [1.82, 2.24) is 15.5 Å². The molecule has 0 aliphatic carbocycles. The molecule has 3 aromatic rings. The molecule has 0 fully saturated rings. The summed E-state index contributed by atoms with van der Waals surface area (Å²) in [5.74, 6) is 0.653. The Morgan fingerprint density at radius 2 is 1.92 bits per heavy atom. The Bertz CT molecular complexity index is 878. The Labute approximate surface area is 156 Å². The number of carbonyl (C=O) groups is 1. The van der Waals surface area contributed by atoms with E-state index in [4.69, 9.17) is 20.8 Å². The third-order valence-electron chi connectivity index (χ3n) is 3.81. The molecule has 0 saturated heterocycles. The summed E-state index contributed by atoms with van der Waals surface area (Å²) in [5, 5.41) is 11.2. The van der Waals surface area contributed by atoms with Crippen molar-refractivity contribution in [3.8, 4) is 5.75 Å². The third-order valence-corrected chi connectivity index (χ3v) is 4.06. The minimum absolute atomic E-state index is 0.0500. The first-order chi connectivity index (χ1) is 12.7. The fourth-order valence-electron chi connectivity index (χ4n) is 2.48. The van der Waals surface area contributed by atoms with Gasteiger partial charge in [-0.3, -0.25) is 4.79 Å². The molecule has 3 rings (SSSR count). The molecule has 1 heterocycles. The zero-order valence-corrected chi connectivity index (χ0v) is 15.0. The van der Waals surface area contributed by atoms with E-state index >= 15 is 0 Å². The standard InChI is InChI=1S/C19H18ClN3O3/c1-25-16-5-3-2-4-14(16)12-17-22-23-19(26-17)18(24)21-11-10-13-6-8-15(20)9-7-13/h2-9H,10-12H2,1H3,(H,21,24). The number of amides is 1. The molecule has 0 spiro atoms. The molecule has 1 amide bonds. The summed E-state index contributed by atoms with van der Waals surface area (Å²) in [6.07, 6.45) is 1.08. The summed E-state index contributed by atoms with van der Waals surface area (Å²) >= 11 is 5.85. The third kappa shape index (κ3) is 4.61. The van der Waals surface area contributed by atoms with E-state index in [2.05, 4.69) is 15.5 Å². The van der Waals surface area contributed by atoms with Crippen LogP contribution in [0.2, 0.25) is 5.02 Å². The number of ether oxygens (including phenoxy) is 1. The molecule has 0 saturated carbocycles. The molecule has 0 radical (unpaired) electrons. The van der Waals surface area contributed by atoms with E-state index < -0.39 is 5.91 Å². The van der Waals surface area contributed by atoms with Crippen molar-refractivity contribution in [2.75, 3.05) is 13.7 Å². The molecule has 6 nitrogen and oxygen atoms in total. The van der Waals surface area contributed by atoms with Gasteiger partial charge in [0.2, 0.25) is 5.89 Å². The van der Waals surface area contributed by atoms with Gasteiger partial charge in [-0.1, -0.05) is 41.9 Å². The highest BCUT2D eigenvalue weighted by atomic mass is 35.5. The number of benzene rings is 2. The van der Waals surface area contributed by atoms with Gasteiger partial charge in [0.05, 0.1) is 13.5 Å². The summed E-state index contributed by atoms with van der Waals surface area (Å²) in [5.41, 5.74) is 1.99. The van der Waals surface area contributed by atoms with Gasteiger partial charge in [-0.05, 0) is 30.2 Å². The Balaban J connectivity index is 1.55.